The average Bonchev–Trinajstić information content (AvgIpc) is 2.65. The molecular weight excluding hydrogens is 462 g/mol. The Morgan fingerprint density at radius 3 is 2.48 bits per heavy atom. The van der Waals surface area contributed by atoms with E-state index in [2.05, 4.69) is 15.6 Å². The molecule has 6 nitrogen and oxygen atoms in total. The zero-order valence-corrected chi connectivity index (χ0v) is 17.4. The van der Waals surface area contributed by atoms with Gasteiger partial charge in [-0.2, -0.15) is 0 Å². The summed E-state index contributed by atoms with van der Waals surface area (Å²) >= 11 is 0. The van der Waals surface area contributed by atoms with Crippen molar-refractivity contribution in [3.63, 3.8) is 0 Å². The lowest BCUT2D eigenvalue weighted by Crippen LogP contribution is -2.38. The number of carbonyl (C=O) groups is 1. The third-order valence-corrected chi connectivity index (χ3v) is 3.64. The Labute approximate surface area is 175 Å². The Morgan fingerprint density at radius 2 is 1.85 bits per heavy atom. The Balaban J connectivity index is 0.00000364. The van der Waals surface area contributed by atoms with Crippen LogP contribution in [0.1, 0.15) is 11.1 Å². The summed E-state index contributed by atoms with van der Waals surface area (Å²) in [6, 6.07) is 14.1. The number of hydrogen-bond donors (Lipinski definition) is 3. The number of benzene rings is 2. The topological polar surface area (TPSA) is 88.7 Å². The van der Waals surface area contributed by atoms with Crippen molar-refractivity contribution >= 4 is 35.8 Å². The van der Waals surface area contributed by atoms with Crippen LogP contribution in [0.3, 0.4) is 0 Å². The number of nitrogens with zero attached hydrogens (tertiary/aromatic N) is 1. The number of nitrogens with two attached hydrogens (primary N) is 1. The number of carbonyl (C=O) groups excluding carboxylic acids is 1. The summed E-state index contributed by atoms with van der Waals surface area (Å²) in [6.45, 7) is 0.890. The minimum Gasteiger partial charge on any atom is -0.484 e. The van der Waals surface area contributed by atoms with Gasteiger partial charge in [-0.15, -0.1) is 24.0 Å². The first-order valence-corrected chi connectivity index (χ1v) is 8.26. The molecule has 0 heterocycles. The number of ether oxygens (including phenoxy) is 1. The van der Waals surface area contributed by atoms with E-state index in [4.69, 9.17) is 10.5 Å². The molecule has 0 atom stereocenters. The molecule has 0 aromatic heterocycles. The van der Waals surface area contributed by atoms with Gasteiger partial charge in [0, 0.05) is 25.7 Å². The smallest absolute Gasteiger partial charge is 0.255 e. The summed E-state index contributed by atoms with van der Waals surface area (Å²) in [6.07, 6.45) is 0.774. The quantitative estimate of drug-likeness (QED) is 0.304. The van der Waals surface area contributed by atoms with E-state index < -0.39 is 5.91 Å². The van der Waals surface area contributed by atoms with Crippen molar-refractivity contribution in [1.82, 2.24) is 10.6 Å². The monoisotopic (exact) mass is 486 g/mol. The molecule has 4 N–H and O–H groups in total. The number of hydrogen-bond acceptors (Lipinski definition) is 3. The standard InChI is InChI=1S/C19H23FN4O2.HI/c1-22-19(24-12-15-4-2-3-5-17(15)20)23-11-10-14-6-8-16(9-7-14)26-13-18(21)25;/h2-9H,10-13H2,1H3,(H2,21,25)(H2,22,23,24);1H. The van der Waals surface area contributed by atoms with E-state index in [1.54, 1.807) is 37.4 Å². The molecule has 2 rings (SSSR count). The van der Waals surface area contributed by atoms with Gasteiger partial charge in [-0.25, -0.2) is 4.39 Å². The molecule has 0 radical (unpaired) electrons. The number of primary amides is 1. The van der Waals surface area contributed by atoms with Crippen LogP contribution in [0, 0.1) is 5.82 Å². The van der Waals surface area contributed by atoms with Crippen molar-refractivity contribution < 1.29 is 13.9 Å². The number of amides is 1. The molecule has 1 amide bonds. The lowest BCUT2D eigenvalue weighted by Gasteiger charge is -2.12. The summed E-state index contributed by atoms with van der Waals surface area (Å²) in [4.78, 5) is 14.8. The van der Waals surface area contributed by atoms with Crippen molar-refractivity contribution in [2.75, 3.05) is 20.2 Å². The van der Waals surface area contributed by atoms with E-state index in [-0.39, 0.29) is 36.4 Å². The third kappa shape index (κ3) is 8.25. The molecule has 8 heteroatoms. The summed E-state index contributed by atoms with van der Waals surface area (Å²) in [5.41, 5.74) is 6.73. The first-order valence-electron chi connectivity index (χ1n) is 8.26. The second-order valence-corrected chi connectivity index (χ2v) is 5.59. The zero-order chi connectivity index (χ0) is 18.8. The van der Waals surface area contributed by atoms with Crippen LogP contribution in [0.2, 0.25) is 0 Å². The van der Waals surface area contributed by atoms with Crippen LogP contribution in [0.15, 0.2) is 53.5 Å². The predicted molar refractivity (Wildman–Crippen MR) is 115 cm³/mol. The molecule has 0 saturated heterocycles. The summed E-state index contributed by atoms with van der Waals surface area (Å²) in [5, 5.41) is 6.27. The molecule has 0 aliphatic rings. The number of rotatable bonds is 8. The minimum absolute atomic E-state index is 0. The van der Waals surface area contributed by atoms with Crippen molar-refractivity contribution in [3.05, 3.63) is 65.5 Å². The predicted octanol–water partition coefficient (Wildman–Crippen LogP) is 2.22. The van der Waals surface area contributed by atoms with Crippen LogP contribution in [0.5, 0.6) is 5.75 Å². The minimum atomic E-state index is -0.507. The molecule has 2 aromatic rings. The molecule has 0 bridgehead atoms. The fourth-order valence-corrected chi connectivity index (χ4v) is 2.27. The van der Waals surface area contributed by atoms with Crippen LogP contribution in [-0.4, -0.2) is 32.1 Å². The molecule has 2 aromatic carbocycles. The van der Waals surface area contributed by atoms with E-state index in [9.17, 15) is 9.18 Å². The molecule has 0 aliphatic carbocycles. The van der Waals surface area contributed by atoms with E-state index >= 15 is 0 Å². The maximum atomic E-state index is 13.6. The molecule has 0 saturated carbocycles. The van der Waals surface area contributed by atoms with Crippen LogP contribution in [0.4, 0.5) is 4.39 Å². The van der Waals surface area contributed by atoms with Gasteiger partial charge in [-0.05, 0) is 30.2 Å². The Bertz CT molecular complexity index is 754. The van der Waals surface area contributed by atoms with E-state index in [1.165, 1.54) is 6.07 Å². The van der Waals surface area contributed by atoms with Crippen LogP contribution in [-0.2, 0) is 17.8 Å². The van der Waals surface area contributed by atoms with Gasteiger partial charge in [0.25, 0.3) is 5.91 Å². The number of guanidine groups is 1. The van der Waals surface area contributed by atoms with Gasteiger partial charge in [0.15, 0.2) is 12.6 Å². The van der Waals surface area contributed by atoms with Crippen LogP contribution in [0.25, 0.3) is 0 Å². The first-order chi connectivity index (χ1) is 12.6. The molecule has 0 unspecified atom stereocenters. The lowest BCUT2D eigenvalue weighted by atomic mass is 10.1. The van der Waals surface area contributed by atoms with Crippen LogP contribution >= 0.6 is 24.0 Å². The SMILES string of the molecule is CN=C(NCCc1ccc(OCC(N)=O)cc1)NCc1ccccc1F.I. The fraction of sp³-hybridized carbons (Fsp3) is 0.263. The molecule has 0 aliphatic heterocycles. The second kappa shape index (κ2) is 12.1. The second-order valence-electron chi connectivity index (χ2n) is 5.59. The van der Waals surface area contributed by atoms with E-state index in [0.29, 0.717) is 30.4 Å². The van der Waals surface area contributed by atoms with E-state index in [1.807, 2.05) is 12.1 Å². The zero-order valence-electron chi connectivity index (χ0n) is 15.1. The third-order valence-electron chi connectivity index (χ3n) is 3.64. The molecule has 0 spiro atoms. The van der Waals surface area contributed by atoms with Gasteiger partial charge in [0.1, 0.15) is 11.6 Å². The summed E-state index contributed by atoms with van der Waals surface area (Å²) in [5.74, 6) is 0.458. The van der Waals surface area contributed by atoms with Crippen molar-refractivity contribution in [2.45, 2.75) is 13.0 Å². The number of halogens is 2. The average molecular weight is 486 g/mol. The van der Waals surface area contributed by atoms with E-state index in [0.717, 1.165) is 12.0 Å². The highest BCUT2D eigenvalue weighted by molar-refractivity contribution is 14.0. The molecular formula is C19H24FIN4O2. The number of nitrogens with one attached hydrogen (secondary N) is 2. The van der Waals surface area contributed by atoms with Gasteiger partial charge >= 0.3 is 0 Å². The normalized spacial score (nSPS) is 10.7. The highest BCUT2D eigenvalue weighted by Crippen LogP contribution is 2.12. The Morgan fingerprint density at radius 1 is 1.15 bits per heavy atom. The first kappa shape index (κ1) is 22.7. The number of aliphatic imine (C=N–C) groups is 1. The van der Waals surface area contributed by atoms with Crippen molar-refractivity contribution in [1.29, 1.82) is 0 Å². The molecule has 0 fully saturated rings. The Hall–Kier alpha value is -2.36. The highest BCUT2D eigenvalue weighted by atomic mass is 127. The Kier molecular flexibility index (Phi) is 10.2. The van der Waals surface area contributed by atoms with Crippen molar-refractivity contribution in [2.24, 2.45) is 10.7 Å². The summed E-state index contributed by atoms with van der Waals surface area (Å²) in [7, 11) is 1.67. The van der Waals surface area contributed by atoms with Gasteiger partial charge in [-0.3, -0.25) is 9.79 Å². The largest absolute Gasteiger partial charge is 0.484 e. The fourth-order valence-electron chi connectivity index (χ4n) is 2.27. The van der Waals surface area contributed by atoms with Crippen molar-refractivity contribution in [3.8, 4) is 5.75 Å². The van der Waals surface area contributed by atoms with Gasteiger partial charge in [0.2, 0.25) is 0 Å². The lowest BCUT2D eigenvalue weighted by molar-refractivity contribution is -0.119. The molecule has 27 heavy (non-hydrogen) atoms. The molecule has 146 valence electrons. The van der Waals surface area contributed by atoms with Gasteiger partial charge < -0.3 is 21.1 Å². The summed E-state index contributed by atoms with van der Waals surface area (Å²) < 4.78 is 18.8. The van der Waals surface area contributed by atoms with Crippen LogP contribution < -0.4 is 21.1 Å². The maximum absolute atomic E-state index is 13.6. The maximum Gasteiger partial charge on any atom is 0.255 e. The highest BCUT2D eigenvalue weighted by Gasteiger charge is 2.03. The van der Waals surface area contributed by atoms with Gasteiger partial charge in [-0.1, -0.05) is 30.3 Å². The van der Waals surface area contributed by atoms with Gasteiger partial charge in [0.05, 0.1) is 0 Å².